The third-order valence-corrected chi connectivity index (χ3v) is 3.42. The summed E-state index contributed by atoms with van der Waals surface area (Å²) in [5, 5.41) is 4.49. The normalized spacial score (nSPS) is 15.1. The van der Waals surface area contributed by atoms with Gasteiger partial charge in [0.1, 0.15) is 0 Å². The zero-order valence-corrected chi connectivity index (χ0v) is 11.4. The monoisotopic (exact) mass is 239 g/mol. The Balaban J connectivity index is 2.72. The quantitative estimate of drug-likeness (QED) is 0.802. The summed E-state index contributed by atoms with van der Waals surface area (Å²) in [6, 6.07) is 8.90. The van der Waals surface area contributed by atoms with Crippen LogP contribution >= 0.6 is 11.6 Å². The van der Waals surface area contributed by atoms with Gasteiger partial charge in [-0.05, 0) is 30.9 Å². The van der Waals surface area contributed by atoms with Crippen molar-refractivity contribution in [1.82, 2.24) is 5.32 Å². The molecule has 1 nitrogen and oxygen atoms in total. The lowest BCUT2D eigenvalue weighted by molar-refractivity contribution is 0.356. The van der Waals surface area contributed by atoms with Crippen LogP contribution in [0.4, 0.5) is 0 Å². The highest BCUT2D eigenvalue weighted by atomic mass is 35.5. The van der Waals surface area contributed by atoms with Crippen LogP contribution in [0.3, 0.4) is 0 Å². The second kappa shape index (κ2) is 6.27. The molecule has 0 saturated carbocycles. The van der Waals surface area contributed by atoms with Crippen LogP contribution in [0.2, 0.25) is 5.02 Å². The zero-order chi connectivity index (χ0) is 12.1. The topological polar surface area (TPSA) is 12.0 Å². The Labute approximate surface area is 104 Å². The molecule has 0 saturated heterocycles. The number of benzene rings is 1. The summed E-state index contributed by atoms with van der Waals surface area (Å²) in [5.74, 6) is 0.648. The van der Waals surface area contributed by atoms with Crippen molar-refractivity contribution in [2.75, 3.05) is 0 Å². The van der Waals surface area contributed by atoms with Gasteiger partial charge in [0.2, 0.25) is 0 Å². The molecule has 2 atom stereocenters. The number of halogens is 1. The van der Waals surface area contributed by atoms with Crippen LogP contribution in [-0.4, -0.2) is 6.04 Å². The summed E-state index contributed by atoms with van der Waals surface area (Å²) in [7, 11) is 0. The molecule has 1 aromatic carbocycles. The van der Waals surface area contributed by atoms with Gasteiger partial charge in [0.05, 0.1) is 0 Å². The van der Waals surface area contributed by atoms with Crippen molar-refractivity contribution in [3.63, 3.8) is 0 Å². The van der Waals surface area contributed by atoms with Gasteiger partial charge in [-0.3, -0.25) is 0 Å². The van der Waals surface area contributed by atoms with Crippen molar-refractivity contribution in [3.8, 4) is 0 Å². The van der Waals surface area contributed by atoms with Crippen molar-refractivity contribution in [3.05, 3.63) is 34.9 Å². The van der Waals surface area contributed by atoms with E-state index in [4.69, 9.17) is 11.6 Å². The van der Waals surface area contributed by atoms with E-state index >= 15 is 0 Å². The Morgan fingerprint density at radius 1 is 1.19 bits per heavy atom. The molecule has 0 spiro atoms. The first-order valence-electron chi connectivity index (χ1n) is 6.06. The van der Waals surface area contributed by atoms with Crippen molar-refractivity contribution < 1.29 is 0 Å². The highest BCUT2D eigenvalue weighted by molar-refractivity contribution is 6.31. The average Bonchev–Trinajstić information content (AvgIpc) is 2.25. The van der Waals surface area contributed by atoms with Gasteiger partial charge in [-0.1, -0.05) is 50.6 Å². The maximum Gasteiger partial charge on any atom is 0.0453 e. The van der Waals surface area contributed by atoms with Gasteiger partial charge in [0.15, 0.2) is 0 Å². The van der Waals surface area contributed by atoms with Crippen molar-refractivity contribution in [2.24, 2.45) is 5.92 Å². The molecule has 0 amide bonds. The Kier molecular flexibility index (Phi) is 5.30. The first-order chi connectivity index (χ1) is 7.56. The molecular formula is C14H22ClN. The number of rotatable bonds is 5. The molecule has 1 unspecified atom stereocenters. The average molecular weight is 240 g/mol. The number of hydrogen-bond acceptors (Lipinski definition) is 1. The minimum Gasteiger partial charge on any atom is -0.307 e. The summed E-state index contributed by atoms with van der Waals surface area (Å²) in [5.41, 5.74) is 1.18. The summed E-state index contributed by atoms with van der Waals surface area (Å²) in [6.45, 7) is 8.89. The van der Waals surface area contributed by atoms with E-state index in [1.807, 2.05) is 18.2 Å². The molecular weight excluding hydrogens is 218 g/mol. The smallest absolute Gasteiger partial charge is 0.0453 e. The van der Waals surface area contributed by atoms with Crippen LogP contribution in [0.5, 0.6) is 0 Å². The SMILES string of the molecule is CCC(N[C@@H](C)c1ccccc1Cl)C(C)C. The van der Waals surface area contributed by atoms with Gasteiger partial charge >= 0.3 is 0 Å². The number of nitrogens with one attached hydrogen (secondary N) is 1. The minimum absolute atomic E-state index is 0.307. The highest BCUT2D eigenvalue weighted by Gasteiger charge is 2.16. The van der Waals surface area contributed by atoms with Crippen LogP contribution in [0.1, 0.15) is 45.7 Å². The molecule has 0 radical (unpaired) electrons. The van der Waals surface area contributed by atoms with Crippen LogP contribution in [0.25, 0.3) is 0 Å². The molecule has 1 aromatic rings. The maximum atomic E-state index is 6.19. The number of hydrogen-bond donors (Lipinski definition) is 1. The molecule has 2 heteroatoms. The predicted molar refractivity (Wildman–Crippen MR) is 71.9 cm³/mol. The zero-order valence-electron chi connectivity index (χ0n) is 10.6. The van der Waals surface area contributed by atoms with Crippen LogP contribution in [-0.2, 0) is 0 Å². The predicted octanol–water partition coefficient (Wildman–Crippen LogP) is 4.43. The van der Waals surface area contributed by atoms with Crippen molar-refractivity contribution in [2.45, 2.75) is 46.2 Å². The van der Waals surface area contributed by atoms with Crippen molar-refractivity contribution in [1.29, 1.82) is 0 Å². The fraction of sp³-hybridized carbons (Fsp3) is 0.571. The van der Waals surface area contributed by atoms with Gasteiger partial charge in [-0.25, -0.2) is 0 Å². The summed E-state index contributed by atoms with van der Waals surface area (Å²) in [6.07, 6.45) is 1.15. The first kappa shape index (κ1) is 13.5. The van der Waals surface area contributed by atoms with E-state index in [1.54, 1.807) is 0 Å². The van der Waals surface area contributed by atoms with E-state index in [9.17, 15) is 0 Å². The van der Waals surface area contributed by atoms with E-state index in [2.05, 4.69) is 39.1 Å². The Morgan fingerprint density at radius 3 is 2.31 bits per heavy atom. The van der Waals surface area contributed by atoms with E-state index in [-0.39, 0.29) is 0 Å². The standard InChI is InChI=1S/C14H22ClN/c1-5-14(10(2)3)16-11(4)12-8-6-7-9-13(12)15/h6-11,14,16H,5H2,1-4H3/t11-,14?/m0/s1. The van der Waals surface area contributed by atoms with E-state index < -0.39 is 0 Å². The second-order valence-electron chi connectivity index (χ2n) is 4.67. The fourth-order valence-corrected chi connectivity index (χ4v) is 2.32. The molecule has 1 N–H and O–H groups in total. The molecule has 0 heterocycles. The van der Waals surface area contributed by atoms with Gasteiger partial charge in [0.25, 0.3) is 0 Å². The van der Waals surface area contributed by atoms with E-state index in [0.29, 0.717) is 18.0 Å². The van der Waals surface area contributed by atoms with E-state index in [1.165, 1.54) is 5.56 Å². The maximum absolute atomic E-state index is 6.19. The third-order valence-electron chi connectivity index (χ3n) is 3.08. The first-order valence-corrected chi connectivity index (χ1v) is 6.44. The molecule has 1 rings (SSSR count). The molecule has 0 aliphatic rings. The lowest BCUT2D eigenvalue weighted by atomic mass is 9.99. The summed E-state index contributed by atoms with van der Waals surface area (Å²) >= 11 is 6.19. The van der Waals surface area contributed by atoms with Crippen molar-refractivity contribution >= 4 is 11.6 Å². The minimum atomic E-state index is 0.307. The van der Waals surface area contributed by atoms with Gasteiger partial charge in [0, 0.05) is 17.1 Å². The summed E-state index contributed by atoms with van der Waals surface area (Å²) in [4.78, 5) is 0. The fourth-order valence-electron chi connectivity index (χ4n) is 2.02. The molecule has 0 bridgehead atoms. The van der Waals surface area contributed by atoms with Crippen LogP contribution in [0.15, 0.2) is 24.3 Å². The Hall–Kier alpha value is -0.530. The molecule has 0 aliphatic carbocycles. The molecule has 0 fully saturated rings. The molecule has 16 heavy (non-hydrogen) atoms. The lowest BCUT2D eigenvalue weighted by Gasteiger charge is -2.26. The molecule has 0 aliphatic heterocycles. The summed E-state index contributed by atoms with van der Waals surface area (Å²) < 4.78 is 0. The Bertz CT molecular complexity index is 322. The Morgan fingerprint density at radius 2 is 1.81 bits per heavy atom. The highest BCUT2D eigenvalue weighted by Crippen LogP contribution is 2.23. The lowest BCUT2D eigenvalue weighted by Crippen LogP contribution is -2.35. The van der Waals surface area contributed by atoms with Gasteiger partial charge in [-0.15, -0.1) is 0 Å². The third kappa shape index (κ3) is 3.50. The van der Waals surface area contributed by atoms with Crippen LogP contribution in [0, 0.1) is 5.92 Å². The van der Waals surface area contributed by atoms with Gasteiger partial charge in [-0.2, -0.15) is 0 Å². The molecule has 0 aromatic heterocycles. The van der Waals surface area contributed by atoms with Crippen LogP contribution < -0.4 is 5.32 Å². The molecule has 90 valence electrons. The second-order valence-corrected chi connectivity index (χ2v) is 5.08. The van der Waals surface area contributed by atoms with Gasteiger partial charge < -0.3 is 5.32 Å². The largest absolute Gasteiger partial charge is 0.307 e. The van der Waals surface area contributed by atoms with E-state index in [0.717, 1.165) is 11.4 Å².